The highest BCUT2D eigenvalue weighted by Crippen LogP contribution is 2.55. The maximum atomic E-state index is 13.3. The molecule has 3 heterocycles. The first-order valence-corrected chi connectivity index (χ1v) is 20.7. The van der Waals surface area contributed by atoms with E-state index in [1.54, 1.807) is 0 Å². The number of ether oxygens (including phenoxy) is 2. The van der Waals surface area contributed by atoms with E-state index in [0.717, 1.165) is 89.9 Å². The molecule has 4 bridgehead atoms. The summed E-state index contributed by atoms with van der Waals surface area (Å²) < 4.78 is 13.5. The van der Waals surface area contributed by atoms with Crippen LogP contribution in [-0.4, -0.2) is 71.3 Å². The maximum Gasteiger partial charge on any atom is 0.315 e. The monoisotopic (exact) mass is 718 g/mol. The Labute approximate surface area is 315 Å². The van der Waals surface area contributed by atoms with Gasteiger partial charge < -0.3 is 30.1 Å². The number of carbonyl (C=O) groups excluding carboxylic acids is 1. The van der Waals surface area contributed by atoms with E-state index < -0.39 is 6.29 Å². The average molecular weight is 719 g/mol. The molecular weight excluding hydrogens is 661 g/mol. The molecule has 3 saturated heterocycles. The number of hydrogen-bond acceptors (Lipinski definition) is 6. The highest BCUT2D eigenvalue weighted by molar-refractivity contribution is 5.76. The van der Waals surface area contributed by atoms with Crippen molar-refractivity contribution in [2.45, 2.75) is 114 Å². The van der Waals surface area contributed by atoms with Crippen molar-refractivity contribution in [3.63, 3.8) is 0 Å². The normalized spacial score (nSPS) is 32.7. The predicted molar refractivity (Wildman–Crippen MR) is 207 cm³/mol. The number of aliphatic hydroxyl groups is 1. The van der Waals surface area contributed by atoms with E-state index >= 15 is 0 Å². The fourth-order valence-electron chi connectivity index (χ4n) is 11.4. The highest BCUT2D eigenvalue weighted by Gasteiger charge is 2.51. The van der Waals surface area contributed by atoms with Crippen LogP contribution in [-0.2, 0) is 22.6 Å². The number of carbonyl (C=O) groups is 1. The summed E-state index contributed by atoms with van der Waals surface area (Å²) in [6.07, 6.45) is 13.0. The van der Waals surface area contributed by atoms with Crippen LogP contribution in [0.5, 0.6) is 0 Å². The molecule has 0 spiro atoms. The zero-order chi connectivity index (χ0) is 35.8. The molecular formula is C45H58N4O4. The van der Waals surface area contributed by atoms with Gasteiger partial charge in [0.15, 0.2) is 6.29 Å². The van der Waals surface area contributed by atoms with Gasteiger partial charge in [-0.05, 0) is 129 Å². The molecule has 0 radical (unpaired) electrons. The minimum Gasteiger partial charge on any atom is -0.392 e. The SMILES string of the molecule is O=C(NCc1ccccc1-c1ccc([C@H]2O[C@@H](CN3CCC[C@H]3CN3CCCC3)C[C@@H](c3ccc(CO)cc3)O2)cc1)NC12CC3CC(CC(C3)C1)C2. The second kappa shape index (κ2) is 15.5. The van der Waals surface area contributed by atoms with Gasteiger partial charge in [-0.1, -0.05) is 72.8 Å². The molecule has 8 nitrogen and oxygen atoms in total. The summed E-state index contributed by atoms with van der Waals surface area (Å²) in [6, 6.07) is 25.8. The van der Waals surface area contributed by atoms with Gasteiger partial charge in [-0.25, -0.2) is 4.79 Å². The summed E-state index contributed by atoms with van der Waals surface area (Å²) in [7, 11) is 0. The topological polar surface area (TPSA) is 86.3 Å². The first-order chi connectivity index (χ1) is 26.0. The number of nitrogens with one attached hydrogen (secondary N) is 2. The Morgan fingerprint density at radius 1 is 0.774 bits per heavy atom. The van der Waals surface area contributed by atoms with Crippen molar-refractivity contribution in [1.29, 1.82) is 0 Å². The third kappa shape index (κ3) is 7.95. The van der Waals surface area contributed by atoms with Gasteiger partial charge in [0.2, 0.25) is 0 Å². The summed E-state index contributed by atoms with van der Waals surface area (Å²) >= 11 is 0. The summed E-state index contributed by atoms with van der Waals surface area (Å²) in [4.78, 5) is 18.6. The largest absolute Gasteiger partial charge is 0.392 e. The Bertz CT molecular complexity index is 1670. The van der Waals surface area contributed by atoms with Crippen LogP contribution < -0.4 is 10.6 Å². The van der Waals surface area contributed by atoms with Crippen LogP contribution in [0.4, 0.5) is 4.79 Å². The van der Waals surface area contributed by atoms with Gasteiger partial charge in [-0.15, -0.1) is 0 Å². The Morgan fingerprint density at radius 2 is 1.47 bits per heavy atom. The molecule has 7 aliphatic rings. The number of nitrogens with zero attached hydrogens (tertiary/aromatic N) is 2. The Hall–Kier alpha value is -3.27. The second-order valence-corrected chi connectivity index (χ2v) is 17.4. The summed E-state index contributed by atoms with van der Waals surface area (Å²) in [5, 5.41) is 16.3. The van der Waals surface area contributed by atoms with Crippen LogP contribution in [0, 0.1) is 17.8 Å². The molecule has 3 aromatic rings. The molecule has 0 unspecified atom stereocenters. The molecule has 8 heteroatoms. The molecule has 3 N–H and O–H groups in total. The van der Waals surface area contributed by atoms with E-state index in [1.165, 1.54) is 64.6 Å². The lowest BCUT2D eigenvalue weighted by atomic mass is 9.53. The minimum absolute atomic E-state index is 0.00211. The van der Waals surface area contributed by atoms with Crippen LogP contribution >= 0.6 is 0 Å². The summed E-state index contributed by atoms with van der Waals surface area (Å²) in [5.74, 6) is 2.39. The summed E-state index contributed by atoms with van der Waals surface area (Å²) in [6.45, 7) is 6.21. The minimum atomic E-state index is -0.477. The van der Waals surface area contributed by atoms with Crippen LogP contribution in [0.2, 0.25) is 0 Å². The smallest absolute Gasteiger partial charge is 0.315 e. The number of rotatable bonds is 11. The number of urea groups is 1. The third-order valence-electron chi connectivity index (χ3n) is 13.6. The fraction of sp³-hybridized carbons (Fsp3) is 0.578. The standard InChI is InChI=1S/C45H58N4O4/c50-30-31-9-11-36(12-10-31)42-23-40(29-49-19-5-7-39(49)28-48-17-3-4-18-48)52-43(53-42)37-15-13-35(14-16-37)41-8-2-1-6-38(41)27-46-44(51)47-45-24-32-20-33(25-45)22-34(21-32)26-45/h1-2,6,8-16,32-34,39-40,42-43,50H,3-5,7,17-30H2,(H2,46,47,51)/t32?,33?,34?,39-,40+,42-,43-,45?/m0/s1. The first-order valence-electron chi connectivity index (χ1n) is 20.7. The zero-order valence-corrected chi connectivity index (χ0v) is 31.3. The second-order valence-electron chi connectivity index (χ2n) is 17.4. The van der Waals surface area contributed by atoms with Crippen LogP contribution in [0.3, 0.4) is 0 Å². The number of hydrogen-bond donors (Lipinski definition) is 3. The van der Waals surface area contributed by atoms with Crippen molar-refractivity contribution in [2.24, 2.45) is 17.8 Å². The number of amides is 2. The van der Waals surface area contributed by atoms with Gasteiger partial charge in [-0.2, -0.15) is 0 Å². The first kappa shape index (κ1) is 35.4. The van der Waals surface area contributed by atoms with Crippen molar-refractivity contribution < 1.29 is 19.4 Å². The quantitative estimate of drug-likeness (QED) is 0.188. The fourth-order valence-corrected chi connectivity index (χ4v) is 11.4. The molecule has 53 heavy (non-hydrogen) atoms. The Kier molecular flexibility index (Phi) is 10.3. The molecule has 3 aliphatic heterocycles. The molecule has 4 atom stereocenters. The number of aliphatic hydroxyl groups excluding tert-OH is 1. The maximum absolute atomic E-state index is 13.3. The van der Waals surface area contributed by atoms with Gasteiger partial charge in [0.25, 0.3) is 0 Å². The van der Waals surface area contributed by atoms with Crippen molar-refractivity contribution in [3.05, 3.63) is 95.1 Å². The third-order valence-corrected chi connectivity index (χ3v) is 13.6. The van der Waals surface area contributed by atoms with E-state index in [4.69, 9.17) is 9.47 Å². The lowest BCUT2D eigenvalue weighted by Crippen LogP contribution is -2.61. The molecule has 0 aromatic heterocycles. The van der Waals surface area contributed by atoms with Gasteiger partial charge in [0.05, 0.1) is 18.8 Å². The van der Waals surface area contributed by atoms with E-state index in [-0.39, 0.29) is 30.4 Å². The predicted octanol–water partition coefficient (Wildman–Crippen LogP) is 7.72. The lowest BCUT2D eigenvalue weighted by molar-refractivity contribution is -0.253. The molecule has 10 rings (SSSR count). The van der Waals surface area contributed by atoms with Gasteiger partial charge in [0.1, 0.15) is 0 Å². The van der Waals surface area contributed by atoms with Crippen molar-refractivity contribution in [1.82, 2.24) is 20.4 Å². The van der Waals surface area contributed by atoms with Gasteiger partial charge in [0, 0.05) is 43.2 Å². The Morgan fingerprint density at radius 3 is 2.19 bits per heavy atom. The van der Waals surface area contributed by atoms with Crippen molar-refractivity contribution in [3.8, 4) is 11.1 Å². The van der Waals surface area contributed by atoms with Crippen molar-refractivity contribution in [2.75, 3.05) is 32.7 Å². The lowest BCUT2D eigenvalue weighted by Gasteiger charge is -2.56. The van der Waals surface area contributed by atoms with E-state index in [2.05, 4.69) is 81.1 Å². The van der Waals surface area contributed by atoms with Crippen LogP contribution in [0.1, 0.15) is 105 Å². The summed E-state index contributed by atoms with van der Waals surface area (Å²) in [5.41, 5.74) is 6.38. The molecule has 3 aromatic carbocycles. The number of likely N-dealkylation sites (tertiary alicyclic amines) is 2. The van der Waals surface area contributed by atoms with E-state index in [1.807, 2.05) is 12.1 Å². The zero-order valence-electron chi connectivity index (χ0n) is 31.3. The van der Waals surface area contributed by atoms with Crippen molar-refractivity contribution >= 4 is 6.03 Å². The molecule has 4 aliphatic carbocycles. The molecule has 282 valence electrons. The van der Waals surface area contributed by atoms with Gasteiger partial charge >= 0.3 is 6.03 Å². The Balaban J connectivity index is 0.879. The highest BCUT2D eigenvalue weighted by atomic mass is 16.7. The number of benzene rings is 3. The van der Waals surface area contributed by atoms with E-state index in [9.17, 15) is 9.90 Å². The van der Waals surface area contributed by atoms with Crippen LogP contribution in [0.15, 0.2) is 72.8 Å². The van der Waals surface area contributed by atoms with E-state index in [0.29, 0.717) is 12.6 Å². The average Bonchev–Trinajstić information content (AvgIpc) is 3.86. The molecule has 7 fully saturated rings. The molecule has 2 amide bonds. The van der Waals surface area contributed by atoms with Crippen LogP contribution in [0.25, 0.3) is 11.1 Å². The molecule has 4 saturated carbocycles. The van der Waals surface area contributed by atoms with Gasteiger partial charge in [-0.3, -0.25) is 4.90 Å².